The fourth-order valence-electron chi connectivity index (χ4n) is 3.10. The minimum absolute atomic E-state index is 0.493. The third-order valence-corrected chi connectivity index (χ3v) is 4.57. The zero-order valence-corrected chi connectivity index (χ0v) is 17.4. The molecule has 0 aliphatic carbocycles. The summed E-state index contributed by atoms with van der Waals surface area (Å²) in [5, 5.41) is 19.4. The molecule has 0 aromatic carbocycles. The van der Waals surface area contributed by atoms with E-state index in [-0.39, 0.29) is 0 Å². The zero-order valence-electron chi connectivity index (χ0n) is 17.4. The smallest absolute Gasteiger partial charge is 0.191 e. The van der Waals surface area contributed by atoms with Gasteiger partial charge in [-0.25, -0.2) is 4.99 Å². The van der Waals surface area contributed by atoms with Gasteiger partial charge < -0.3 is 19.6 Å². The van der Waals surface area contributed by atoms with Gasteiger partial charge in [0.1, 0.15) is 24.5 Å². The van der Waals surface area contributed by atoms with E-state index in [0.29, 0.717) is 6.54 Å². The Labute approximate surface area is 171 Å². The van der Waals surface area contributed by atoms with Crippen molar-refractivity contribution in [2.75, 3.05) is 13.1 Å². The first-order chi connectivity index (χ1) is 14.2. The highest BCUT2D eigenvalue weighted by Gasteiger charge is 2.04. The van der Waals surface area contributed by atoms with Crippen molar-refractivity contribution >= 4 is 5.96 Å². The molecule has 3 rings (SSSR count). The molecule has 9 heteroatoms. The first-order valence-corrected chi connectivity index (χ1v) is 10.1. The molecular weight excluding hydrogens is 368 g/mol. The normalized spacial score (nSPS) is 11.8. The largest absolute Gasteiger partial charge is 0.467 e. The van der Waals surface area contributed by atoms with E-state index in [1.807, 2.05) is 23.7 Å². The van der Waals surface area contributed by atoms with Gasteiger partial charge in [0.15, 0.2) is 5.96 Å². The van der Waals surface area contributed by atoms with Crippen LogP contribution in [-0.4, -0.2) is 43.6 Å². The van der Waals surface area contributed by atoms with Crippen LogP contribution in [0.25, 0.3) is 0 Å². The SMILES string of the molecule is CCc1nncn1CCNC(=NCc1ccco1)NCCCn1nc(C)cc1C. The number of hydrogen-bond acceptors (Lipinski definition) is 5. The predicted octanol–water partition coefficient (Wildman–Crippen LogP) is 2.07. The molecule has 0 aliphatic rings. The zero-order chi connectivity index (χ0) is 20.5. The number of aromatic nitrogens is 5. The molecule has 156 valence electrons. The average Bonchev–Trinajstić information content (AvgIpc) is 3.44. The summed E-state index contributed by atoms with van der Waals surface area (Å²) in [4.78, 5) is 4.63. The first kappa shape index (κ1) is 20.6. The standard InChI is InChI=1S/C20H30N8O/c1-4-19-25-24-15-27(19)11-9-22-20(23-14-18-7-5-12-29-18)21-8-6-10-28-17(3)13-16(2)26-28/h5,7,12-13,15H,4,6,8-11,14H2,1-3H3,(H2,21,22,23). The molecule has 9 nitrogen and oxygen atoms in total. The Morgan fingerprint density at radius 3 is 2.79 bits per heavy atom. The number of nitrogens with one attached hydrogen (secondary N) is 2. The van der Waals surface area contributed by atoms with Crippen LogP contribution in [-0.2, 0) is 26.1 Å². The van der Waals surface area contributed by atoms with Crippen molar-refractivity contribution in [1.82, 2.24) is 35.2 Å². The summed E-state index contributed by atoms with van der Waals surface area (Å²) >= 11 is 0. The van der Waals surface area contributed by atoms with Gasteiger partial charge in [0.05, 0.1) is 12.0 Å². The maximum absolute atomic E-state index is 5.38. The molecule has 0 aliphatic heterocycles. The lowest BCUT2D eigenvalue weighted by Gasteiger charge is -2.13. The van der Waals surface area contributed by atoms with Crippen LogP contribution in [0.4, 0.5) is 0 Å². The lowest BCUT2D eigenvalue weighted by Crippen LogP contribution is -2.39. The van der Waals surface area contributed by atoms with Crippen molar-refractivity contribution < 1.29 is 4.42 Å². The number of rotatable bonds is 10. The van der Waals surface area contributed by atoms with Crippen LogP contribution < -0.4 is 10.6 Å². The first-order valence-electron chi connectivity index (χ1n) is 10.1. The third-order valence-electron chi connectivity index (χ3n) is 4.57. The van der Waals surface area contributed by atoms with Crippen LogP contribution >= 0.6 is 0 Å². The van der Waals surface area contributed by atoms with E-state index in [0.717, 1.165) is 62.3 Å². The highest BCUT2D eigenvalue weighted by molar-refractivity contribution is 5.79. The van der Waals surface area contributed by atoms with E-state index in [2.05, 4.69) is 55.4 Å². The van der Waals surface area contributed by atoms with Crippen molar-refractivity contribution in [2.24, 2.45) is 4.99 Å². The minimum Gasteiger partial charge on any atom is -0.467 e. The molecule has 0 unspecified atom stereocenters. The quantitative estimate of drug-likeness (QED) is 0.308. The molecule has 3 aromatic heterocycles. The fraction of sp³-hybridized carbons (Fsp3) is 0.500. The summed E-state index contributed by atoms with van der Waals surface area (Å²) in [6.07, 6.45) is 5.25. The summed E-state index contributed by atoms with van der Waals surface area (Å²) in [5.74, 6) is 2.58. The molecule has 0 atom stereocenters. The van der Waals surface area contributed by atoms with E-state index >= 15 is 0 Å². The van der Waals surface area contributed by atoms with Gasteiger partial charge in [-0.2, -0.15) is 5.10 Å². The number of aryl methyl sites for hydroxylation is 4. The van der Waals surface area contributed by atoms with E-state index in [9.17, 15) is 0 Å². The fourth-order valence-corrected chi connectivity index (χ4v) is 3.10. The summed E-state index contributed by atoms with van der Waals surface area (Å²) in [6, 6.07) is 5.90. The summed E-state index contributed by atoms with van der Waals surface area (Å²) in [5.41, 5.74) is 2.24. The van der Waals surface area contributed by atoms with Gasteiger partial charge in [0.2, 0.25) is 0 Å². The summed E-state index contributed by atoms with van der Waals surface area (Å²) in [6.45, 7) is 9.86. The molecule has 3 aromatic rings. The average molecular weight is 399 g/mol. The number of aliphatic imine (C=N–C) groups is 1. The van der Waals surface area contributed by atoms with E-state index in [1.165, 1.54) is 5.69 Å². The second-order valence-electron chi connectivity index (χ2n) is 6.90. The molecule has 0 spiro atoms. The Bertz CT molecular complexity index is 894. The second-order valence-corrected chi connectivity index (χ2v) is 6.90. The topological polar surface area (TPSA) is 98.1 Å². The lowest BCUT2D eigenvalue weighted by atomic mass is 10.4. The van der Waals surface area contributed by atoms with Crippen LogP contribution in [0.5, 0.6) is 0 Å². The highest BCUT2D eigenvalue weighted by atomic mass is 16.3. The van der Waals surface area contributed by atoms with Crippen molar-refractivity contribution in [3.05, 3.63) is 53.8 Å². The maximum Gasteiger partial charge on any atom is 0.191 e. The number of hydrogen-bond donors (Lipinski definition) is 2. The van der Waals surface area contributed by atoms with Gasteiger partial charge in [-0.15, -0.1) is 10.2 Å². The predicted molar refractivity (Wildman–Crippen MR) is 112 cm³/mol. The van der Waals surface area contributed by atoms with Gasteiger partial charge in [0, 0.05) is 38.3 Å². The van der Waals surface area contributed by atoms with Gasteiger partial charge in [-0.1, -0.05) is 6.92 Å². The Balaban J connectivity index is 1.50. The minimum atomic E-state index is 0.493. The van der Waals surface area contributed by atoms with Gasteiger partial charge in [-0.3, -0.25) is 4.68 Å². The highest BCUT2D eigenvalue weighted by Crippen LogP contribution is 2.03. The second kappa shape index (κ2) is 10.4. The molecule has 0 amide bonds. The molecule has 0 bridgehead atoms. The molecular formula is C20H30N8O. The Kier molecular flexibility index (Phi) is 7.43. The van der Waals surface area contributed by atoms with Crippen molar-refractivity contribution in [2.45, 2.75) is 53.2 Å². The van der Waals surface area contributed by atoms with E-state index in [4.69, 9.17) is 4.42 Å². The molecule has 3 heterocycles. The third kappa shape index (κ3) is 6.20. The molecule has 0 saturated heterocycles. The van der Waals surface area contributed by atoms with Gasteiger partial charge in [-0.05, 0) is 38.5 Å². The maximum atomic E-state index is 5.38. The molecule has 0 saturated carbocycles. The lowest BCUT2D eigenvalue weighted by molar-refractivity contribution is 0.511. The van der Waals surface area contributed by atoms with E-state index < -0.39 is 0 Å². The summed E-state index contributed by atoms with van der Waals surface area (Å²) < 4.78 is 9.48. The van der Waals surface area contributed by atoms with Crippen LogP contribution in [0.2, 0.25) is 0 Å². The Morgan fingerprint density at radius 1 is 1.21 bits per heavy atom. The number of nitrogens with zero attached hydrogens (tertiary/aromatic N) is 6. The molecule has 2 N–H and O–H groups in total. The molecule has 0 fully saturated rings. The van der Waals surface area contributed by atoms with Crippen molar-refractivity contribution in [1.29, 1.82) is 0 Å². The summed E-state index contributed by atoms with van der Waals surface area (Å²) in [7, 11) is 0. The van der Waals surface area contributed by atoms with Crippen LogP contribution in [0, 0.1) is 13.8 Å². The van der Waals surface area contributed by atoms with Gasteiger partial charge in [0.25, 0.3) is 0 Å². The van der Waals surface area contributed by atoms with Crippen LogP contribution in [0.15, 0.2) is 40.2 Å². The number of furan rings is 1. The number of guanidine groups is 1. The van der Waals surface area contributed by atoms with Gasteiger partial charge >= 0.3 is 0 Å². The monoisotopic (exact) mass is 398 g/mol. The Hall–Kier alpha value is -3.10. The Morgan fingerprint density at radius 2 is 2.07 bits per heavy atom. The van der Waals surface area contributed by atoms with Crippen molar-refractivity contribution in [3.63, 3.8) is 0 Å². The van der Waals surface area contributed by atoms with Crippen molar-refractivity contribution in [3.8, 4) is 0 Å². The van der Waals surface area contributed by atoms with Crippen LogP contribution in [0.3, 0.4) is 0 Å². The van der Waals surface area contributed by atoms with Crippen LogP contribution in [0.1, 0.15) is 36.3 Å². The molecule has 29 heavy (non-hydrogen) atoms. The van der Waals surface area contributed by atoms with E-state index in [1.54, 1.807) is 12.6 Å². The molecule has 0 radical (unpaired) electrons.